The van der Waals surface area contributed by atoms with Gasteiger partial charge in [-0.15, -0.1) is 0 Å². The molecular weight excluding hydrogens is 210 g/mol. The topological polar surface area (TPSA) is 35.2 Å². The Kier molecular flexibility index (Phi) is 4.19. The Morgan fingerprint density at radius 2 is 1.94 bits per heavy atom. The van der Waals surface area contributed by atoms with Gasteiger partial charge in [0.2, 0.25) is 0 Å². The summed E-state index contributed by atoms with van der Waals surface area (Å²) in [6.45, 7) is 3.85. The second kappa shape index (κ2) is 5.65. The smallest absolute Gasteiger partial charge is 0.0486 e. The molecule has 0 spiro atoms. The molecule has 0 aromatic heterocycles. The minimum atomic E-state index is -0.179. The minimum absolute atomic E-state index is 0.179. The van der Waals surface area contributed by atoms with Crippen LogP contribution < -0.4 is 5.73 Å². The van der Waals surface area contributed by atoms with Crippen LogP contribution in [0.15, 0.2) is 24.3 Å². The van der Waals surface area contributed by atoms with Gasteiger partial charge in [0.25, 0.3) is 0 Å². The van der Waals surface area contributed by atoms with Gasteiger partial charge in [0.05, 0.1) is 0 Å². The maximum absolute atomic E-state index is 6.52. The predicted octanol–water partition coefficient (Wildman–Crippen LogP) is 2.99. The first-order chi connectivity index (χ1) is 8.24. The van der Waals surface area contributed by atoms with E-state index in [-0.39, 0.29) is 5.54 Å². The summed E-state index contributed by atoms with van der Waals surface area (Å²) in [5.74, 6) is 0. The standard InChI is InChI=1S/C15H23NO/c1-2-4-13-5-7-14(8-6-13)15(16)9-3-11-17-12-10-15/h5-8H,2-4,9-12,16H2,1H3. The minimum Gasteiger partial charge on any atom is -0.381 e. The zero-order valence-corrected chi connectivity index (χ0v) is 10.7. The highest BCUT2D eigenvalue weighted by Crippen LogP contribution is 2.29. The molecule has 1 aromatic carbocycles. The van der Waals surface area contributed by atoms with E-state index in [9.17, 15) is 0 Å². The number of benzene rings is 1. The summed E-state index contributed by atoms with van der Waals surface area (Å²) in [6.07, 6.45) is 5.37. The van der Waals surface area contributed by atoms with E-state index in [1.807, 2.05) is 0 Å². The highest BCUT2D eigenvalue weighted by atomic mass is 16.5. The normalized spacial score (nSPS) is 25.5. The Hall–Kier alpha value is -0.860. The van der Waals surface area contributed by atoms with Crippen molar-refractivity contribution in [2.24, 2.45) is 5.73 Å². The lowest BCUT2D eigenvalue weighted by Gasteiger charge is -2.28. The van der Waals surface area contributed by atoms with Gasteiger partial charge in [-0.25, -0.2) is 0 Å². The zero-order valence-electron chi connectivity index (χ0n) is 10.7. The molecular formula is C15H23NO. The highest BCUT2D eigenvalue weighted by Gasteiger charge is 2.28. The van der Waals surface area contributed by atoms with Gasteiger partial charge in [-0.05, 0) is 36.8 Å². The van der Waals surface area contributed by atoms with Crippen LogP contribution in [0.3, 0.4) is 0 Å². The van der Waals surface area contributed by atoms with Crippen molar-refractivity contribution in [1.82, 2.24) is 0 Å². The molecule has 2 nitrogen and oxygen atoms in total. The van der Waals surface area contributed by atoms with E-state index in [2.05, 4.69) is 31.2 Å². The summed E-state index contributed by atoms with van der Waals surface area (Å²) >= 11 is 0. The summed E-state index contributed by atoms with van der Waals surface area (Å²) in [4.78, 5) is 0. The average Bonchev–Trinajstić information content (AvgIpc) is 2.56. The number of rotatable bonds is 3. The van der Waals surface area contributed by atoms with Crippen LogP contribution in [0.25, 0.3) is 0 Å². The SMILES string of the molecule is CCCc1ccc(C2(N)CCCOCC2)cc1. The summed E-state index contributed by atoms with van der Waals surface area (Å²) in [6, 6.07) is 8.85. The van der Waals surface area contributed by atoms with E-state index < -0.39 is 0 Å². The second-order valence-electron chi connectivity index (χ2n) is 5.07. The second-order valence-corrected chi connectivity index (χ2v) is 5.07. The maximum atomic E-state index is 6.52. The van der Waals surface area contributed by atoms with Gasteiger partial charge in [0, 0.05) is 18.8 Å². The van der Waals surface area contributed by atoms with Gasteiger partial charge in [-0.1, -0.05) is 37.6 Å². The number of nitrogens with two attached hydrogens (primary N) is 1. The first-order valence-corrected chi connectivity index (χ1v) is 6.71. The lowest BCUT2D eigenvalue weighted by molar-refractivity contribution is 0.139. The number of hydrogen-bond acceptors (Lipinski definition) is 2. The van der Waals surface area contributed by atoms with Crippen molar-refractivity contribution in [3.05, 3.63) is 35.4 Å². The van der Waals surface area contributed by atoms with Crippen molar-refractivity contribution in [2.75, 3.05) is 13.2 Å². The van der Waals surface area contributed by atoms with Crippen molar-refractivity contribution in [2.45, 2.75) is 44.6 Å². The van der Waals surface area contributed by atoms with Gasteiger partial charge >= 0.3 is 0 Å². The van der Waals surface area contributed by atoms with E-state index in [1.54, 1.807) is 0 Å². The molecule has 1 atom stereocenters. The molecule has 1 aromatic rings. The van der Waals surface area contributed by atoms with Crippen LogP contribution in [0.4, 0.5) is 0 Å². The van der Waals surface area contributed by atoms with Gasteiger partial charge in [-0.2, -0.15) is 0 Å². The molecule has 0 radical (unpaired) electrons. The summed E-state index contributed by atoms with van der Waals surface area (Å²) in [5.41, 5.74) is 9.02. The van der Waals surface area contributed by atoms with Crippen molar-refractivity contribution < 1.29 is 4.74 Å². The third-order valence-corrected chi connectivity index (χ3v) is 3.67. The molecule has 1 fully saturated rings. The fraction of sp³-hybridized carbons (Fsp3) is 0.600. The highest BCUT2D eigenvalue weighted by molar-refractivity contribution is 5.28. The van der Waals surface area contributed by atoms with Crippen LogP contribution in [0.1, 0.15) is 43.7 Å². The Bertz CT molecular complexity index is 336. The quantitative estimate of drug-likeness (QED) is 0.871. The molecule has 1 saturated heterocycles. The fourth-order valence-corrected chi connectivity index (χ4v) is 2.55. The van der Waals surface area contributed by atoms with Gasteiger partial charge in [0.15, 0.2) is 0 Å². The van der Waals surface area contributed by atoms with Crippen molar-refractivity contribution in [3.63, 3.8) is 0 Å². The third-order valence-electron chi connectivity index (χ3n) is 3.67. The van der Waals surface area contributed by atoms with Crippen LogP contribution >= 0.6 is 0 Å². The lowest BCUT2D eigenvalue weighted by Crippen LogP contribution is -2.36. The predicted molar refractivity (Wildman–Crippen MR) is 71.0 cm³/mol. The molecule has 2 heteroatoms. The molecule has 1 aliphatic heterocycles. The summed E-state index contributed by atoms with van der Waals surface area (Å²) < 4.78 is 5.49. The molecule has 0 aliphatic carbocycles. The Balaban J connectivity index is 2.14. The number of aryl methyl sites for hydroxylation is 1. The Morgan fingerprint density at radius 3 is 2.65 bits per heavy atom. The molecule has 1 aliphatic rings. The molecule has 0 saturated carbocycles. The summed E-state index contributed by atoms with van der Waals surface area (Å²) in [5, 5.41) is 0. The van der Waals surface area contributed by atoms with Crippen LogP contribution in [-0.2, 0) is 16.7 Å². The van der Waals surface area contributed by atoms with E-state index >= 15 is 0 Å². The van der Waals surface area contributed by atoms with Crippen LogP contribution in [0.5, 0.6) is 0 Å². The van der Waals surface area contributed by atoms with Gasteiger partial charge < -0.3 is 10.5 Å². The Labute approximate surface area is 104 Å². The largest absolute Gasteiger partial charge is 0.381 e. The van der Waals surface area contributed by atoms with E-state index in [0.717, 1.165) is 38.9 Å². The fourth-order valence-electron chi connectivity index (χ4n) is 2.55. The number of hydrogen-bond donors (Lipinski definition) is 1. The molecule has 1 unspecified atom stereocenters. The molecule has 0 bridgehead atoms. The average molecular weight is 233 g/mol. The lowest BCUT2D eigenvalue weighted by atomic mass is 9.84. The molecule has 2 N–H and O–H groups in total. The van der Waals surface area contributed by atoms with Gasteiger partial charge in [0.1, 0.15) is 0 Å². The van der Waals surface area contributed by atoms with E-state index in [0.29, 0.717) is 0 Å². The third kappa shape index (κ3) is 3.08. The molecule has 2 rings (SSSR count). The molecule has 1 heterocycles. The first kappa shape index (κ1) is 12.6. The van der Waals surface area contributed by atoms with Crippen LogP contribution in [-0.4, -0.2) is 13.2 Å². The molecule has 0 amide bonds. The van der Waals surface area contributed by atoms with Gasteiger partial charge in [-0.3, -0.25) is 0 Å². The van der Waals surface area contributed by atoms with Crippen molar-refractivity contribution in [3.8, 4) is 0 Å². The maximum Gasteiger partial charge on any atom is 0.0486 e. The zero-order chi connectivity index (χ0) is 12.1. The van der Waals surface area contributed by atoms with Crippen LogP contribution in [0.2, 0.25) is 0 Å². The monoisotopic (exact) mass is 233 g/mol. The van der Waals surface area contributed by atoms with Crippen molar-refractivity contribution >= 4 is 0 Å². The van der Waals surface area contributed by atoms with E-state index in [4.69, 9.17) is 10.5 Å². The van der Waals surface area contributed by atoms with E-state index in [1.165, 1.54) is 17.5 Å². The Morgan fingerprint density at radius 1 is 1.18 bits per heavy atom. The molecule has 17 heavy (non-hydrogen) atoms. The number of ether oxygens (including phenoxy) is 1. The van der Waals surface area contributed by atoms with Crippen LogP contribution in [0, 0.1) is 0 Å². The van der Waals surface area contributed by atoms with Crippen molar-refractivity contribution in [1.29, 1.82) is 0 Å². The first-order valence-electron chi connectivity index (χ1n) is 6.71. The summed E-state index contributed by atoms with van der Waals surface area (Å²) in [7, 11) is 0. The molecule has 94 valence electrons.